The molecule has 1 fully saturated rings. The van der Waals surface area contributed by atoms with Gasteiger partial charge >= 0.3 is 0 Å². The van der Waals surface area contributed by atoms with Gasteiger partial charge in [-0.25, -0.2) is 17.6 Å². The van der Waals surface area contributed by atoms with Crippen LogP contribution in [0.1, 0.15) is 25.2 Å². The summed E-state index contributed by atoms with van der Waals surface area (Å²) in [6.45, 7) is 3.08. The van der Waals surface area contributed by atoms with Gasteiger partial charge in [0.25, 0.3) is 0 Å². The maximum atomic E-state index is 14.7. The molecule has 1 aliphatic heterocycles. The lowest BCUT2D eigenvalue weighted by molar-refractivity contribution is -0.208. The van der Waals surface area contributed by atoms with Gasteiger partial charge < -0.3 is 15.2 Å². The predicted octanol–water partition coefficient (Wildman–Crippen LogP) is 5.98. The standard InChI is InChI=1S/C25H23F4NO2/c1-2-23(30)18-12-31-25(32-13-18)15-5-3-14(4-6-15)16-7-8-19(20(26)9-16)17-10-21(27)24(29)22(28)11-17/h3-11,18,23,25H,2,12-13,30H2,1H3. The Bertz CT molecular complexity index is 1070. The predicted molar refractivity (Wildman–Crippen MR) is 114 cm³/mol. The number of ether oxygens (including phenoxy) is 2. The van der Waals surface area contributed by atoms with Gasteiger partial charge in [-0.05, 0) is 41.3 Å². The zero-order valence-corrected chi connectivity index (χ0v) is 17.5. The highest BCUT2D eigenvalue weighted by atomic mass is 19.2. The van der Waals surface area contributed by atoms with E-state index in [4.69, 9.17) is 15.2 Å². The monoisotopic (exact) mass is 445 g/mol. The third kappa shape index (κ3) is 4.55. The van der Waals surface area contributed by atoms with E-state index in [0.29, 0.717) is 18.8 Å². The molecule has 168 valence electrons. The van der Waals surface area contributed by atoms with Gasteiger partial charge in [-0.1, -0.05) is 43.3 Å². The Morgan fingerprint density at radius 1 is 0.812 bits per heavy atom. The molecule has 32 heavy (non-hydrogen) atoms. The Morgan fingerprint density at radius 2 is 1.38 bits per heavy atom. The number of halogens is 4. The van der Waals surface area contributed by atoms with Crippen molar-refractivity contribution in [2.75, 3.05) is 13.2 Å². The Hall–Kier alpha value is -2.74. The van der Waals surface area contributed by atoms with Crippen LogP contribution in [0.5, 0.6) is 0 Å². The minimum Gasteiger partial charge on any atom is -0.348 e. The minimum atomic E-state index is -1.58. The van der Waals surface area contributed by atoms with E-state index in [2.05, 4.69) is 0 Å². The van der Waals surface area contributed by atoms with E-state index >= 15 is 0 Å². The van der Waals surface area contributed by atoms with Gasteiger partial charge in [-0.15, -0.1) is 0 Å². The average Bonchev–Trinajstić information content (AvgIpc) is 2.82. The molecule has 0 spiro atoms. The molecule has 3 aromatic rings. The Kier molecular flexibility index (Phi) is 6.60. The van der Waals surface area contributed by atoms with E-state index in [1.54, 1.807) is 6.07 Å². The summed E-state index contributed by atoms with van der Waals surface area (Å²) < 4.78 is 66.5. The van der Waals surface area contributed by atoms with Crippen LogP contribution in [0, 0.1) is 29.2 Å². The highest BCUT2D eigenvalue weighted by molar-refractivity contribution is 5.71. The lowest BCUT2D eigenvalue weighted by Gasteiger charge is -2.32. The topological polar surface area (TPSA) is 44.5 Å². The van der Waals surface area contributed by atoms with Crippen LogP contribution < -0.4 is 5.73 Å². The third-order valence-corrected chi connectivity index (χ3v) is 5.78. The summed E-state index contributed by atoms with van der Waals surface area (Å²) in [5, 5.41) is 0. The van der Waals surface area contributed by atoms with Crippen molar-refractivity contribution in [1.82, 2.24) is 0 Å². The Morgan fingerprint density at radius 3 is 1.94 bits per heavy atom. The molecule has 0 bridgehead atoms. The van der Waals surface area contributed by atoms with Crippen LogP contribution in [0.2, 0.25) is 0 Å². The van der Waals surface area contributed by atoms with E-state index < -0.39 is 29.6 Å². The van der Waals surface area contributed by atoms with Gasteiger partial charge in [-0.2, -0.15) is 0 Å². The summed E-state index contributed by atoms with van der Waals surface area (Å²) in [7, 11) is 0. The highest BCUT2D eigenvalue weighted by Gasteiger charge is 2.27. The summed E-state index contributed by atoms with van der Waals surface area (Å²) in [5.41, 5.74) is 8.13. The Labute approximate surface area is 183 Å². The molecule has 0 aromatic heterocycles. The van der Waals surface area contributed by atoms with Gasteiger partial charge in [0.15, 0.2) is 23.7 Å². The molecule has 0 amide bonds. The second-order valence-corrected chi connectivity index (χ2v) is 7.90. The minimum absolute atomic E-state index is 0.0213. The summed E-state index contributed by atoms with van der Waals surface area (Å²) in [6.07, 6.45) is 0.378. The smallest absolute Gasteiger partial charge is 0.194 e. The quantitative estimate of drug-likeness (QED) is 0.388. The van der Waals surface area contributed by atoms with E-state index in [-0.39, 0.29) is 23.1 Å². The fourth-order valence-electron chi connectivity index (χ4n) is 3.76. The molecular formula is C25H23F4NO2. The molecule has 1 atom stereocenters. The maximum absolute atomic E-state index is 14.7. The number of hydrogen-bond donors (Lipinski definition) is 1. The molecule has 4 rings (SSSR count). The lowest BCUT2D eigenvalue weighted by Crippen LogP contribution is -2.39. The van der Waals surface area contributed by atoms with Crippen LogP contribution in [-0.2, 0) is 9.47 Å². The first-order valence-corrected chi connectivity index (χ1v) is 10.4. The van der Waals surface area contributed by atoms with Crippen LogP contribution >= 0.6 is 0 Å². The van der Waals surface area contributed by atoms with Crippen LogP contribution in [0.4, 0.5) is 17.6 Å². The van der Waals surface area contributed by atoms with Crippen molar-refractivity contribution >= 4 is 0 Å². The second kappa shape index (κ2) is 9.40. The van der Waals surface area contributed by atoms with E-state index in [0.717, 1.165) is 29.7 Å². The van der Waals surface area contributed by atoms with Crippen molar-refractivity contribution in [3.63, 3.8) is 0 Å². The molecule has 0 aliphatic carbocycles. The van der Waals surface area contributed by atoms with Crippen LogP contribution in [0.15, 0.2) is 54.6 Å². The number of benzene rings is 3. The molecule has 2 N–H and O–H groups in total. The summed E-state index contributed by atoms with van der Waals surface area (Å²) >= 11 is 0. The summed E-state index contributed by atoms with van der Waals surface area (Å²) in [5.74, 6) is -4.82. The summed E-state index contributed by atoms with van der Waals surface area (Å²) in [6, 6.07) is 13.2. The highest BCUT2D eigenvalue weighted by Crippen LogP contribution is 2.32. The first-order valence-electron chi connectivity index (χ1n) is 10.4. The largest absolute Gasteiger partial charge is 0.348 e. The van der Waals surface area contributed by atoms with Crippen molar-refractivity contribution in [3.05, 3.63) is 83.4 Å². The first kappa shape index (κ1) is 22.5. The first-order chi connectivity index (χ1) is 15.4. The van der Waals surface area contributed by atoms with Crippen molar-refractivity contribution in [2.45, 2.75) is 25.7 Å². The van der Waals surface area contributed by atoms with Gasteiger partial charge in [-0.3, -0.25) is 0 Å². The van der Waals surface area contributed by atoms with E-state index in [1.165, 1.54) is 12.1 Å². The third-order valence-electron chi connectivity index (χ3n) is 5.78. The van der Waals surface area contributed by atoms with Gasteiger partial charge in [0.2, 0.25) is 0 Å². The number of hydrogen-bond acceptors (Lipinski definition) is 3. The molecule has 3 nitrogen and oxygen atoms in total. The van der Waals surface area contributed by atoms with Crippen molar-refractivity contribution in [1.29, 1.82) is 0 Å². The molecule has 0 saturated carbocycles. The molecule has 0 radical (unpaired) electrons. The Balaban J connectivity index is 1.50. The molecule has 1 unspecified atom stereocenters. The normalized spacial score (nSPS) is 19.7. The fourth-order valence-corrected chi connectivity index (χ4v) is 3.76. The average molecular weight is 445 g/mol. The van der Waals surface area contributed by atoms with Crippen molar-refractivity contribution in [3.8, 4) is 22.3 Å². The second-order valence-electron chi connectivity index (χ2n) is 7.90. The van der Waals surface area contributed by atoms with Crippen molar-refractivity contribution in [2.24, 2.45) is 11.7 Å². The molecule has 3 aromatic carbocycles. The lowest BCUT2D eigenvalue weighted by atomic mass is 9.98. The molecule has 1 saturated heterocycles. The molecule has 1 aliphatic rings. The van der Waals surface area contributed by atoms with Crippen LogP contribution in [-0.4, -0.2) is 19.3 Å². The van der Waals surface area contributed by atoms with E-state index in [9.17, 15) is 17.6 Å². The molecular weight excluding hydrogens is 422 g/mol. The molecule has 7 heteroatoms. The maximum Gasteiger partial charge on any atom is 0.194 e. The van der Waals surface area contributed by atoms with Crippen LogP contribution in [0.3, 0.4) is 0 Å². The fraction of sp³-hybridized carbons (Fsp3) is 0.280. The zero-order valence-electron chi connectivity index (χ0n) is 17.5. The van der Waals surface area contributed by atoms with Gasteiger partial charge in [0.1, 0.15) is 5.82 Å². The van der Waals surface area contributed by atoms with Crippen molar-refractivity contribution < 1.29 is 27.0 Å². The number of nitrogens with two attached hydrogens (primary N) is 1. The van der Waals surface area contributed by atoms with Crippen LogP contribution in [0.25, 0.3) is 22.3 Å². The molecule has 1 heterocycles. The number of rotatable bonds is 5. The summed E-state index contributed by atoms with van der Waals surface area (Å²) in [4.78, 5) is 0. The van der Waals surface area contributed by atoms with E-state index in [1.807, 2.05) is 31.2 Å². The SMILES string of the molecule is CCC(N)C1COC(c2ccc(-c3ccc(-c4cc(F)c(F)c(F)c4)c(F)c3)cc2)OC1. The van der Waals surface area contributed by atoms with Gasteiger partial charge in [0, 0.05) is 23.1 Å². The zero-order chi connectivity index (χ0) is 22.8. The van der Waals surface area contributed by atoms with Gasteiger partial charge in [0.05, 0.1) is 13.2 Å².